The summed E-state index contributed by atoms with van der Waals surface area (Å²) in [5.74, 6) is 0.732. The normalized spacial score (nSPS) is 15.7. The number of methoxy groups -OCH3 is 1. The van der Waals surface area contributed by atoms with Gasteiger partial charge in [-0.3, -0.25) is 9.69 Å². The second-order valence-electron chi connectivity index (χ2n) is 6.80. The molecule has 3 amide bonds. The lowest BCUT2D eigenvalue weighted by molar-refractivity contribution is -0.113. The molecule has 2 N–H and O–H groups in total. The molecule has 1 heterocycles. The van der Waals surface area contributed by atoms with Gasteiger partial charge in [0.2, 0.25) is 0 Å². The van der Waals surface area contributed by atoms with Gasteiger partial charge in [0.05, 0.1) is 24.4 Å². The molecule has 8 heteroatoms. The number of para-hydroxylation sites is 2. The van der Waals surface area contributed by atoms with Crippen molar-refractivity contribution in [1.82, 2.24) is 10.2 Å². The van der Waals surface area contributed by atoms with Crippen LogP contribution in [0.25, 0.3) is 0 Å². The number of nitrogens with one attached hydrogen (secondary N) is 2. The minimum atomic E-state index is -0.643. The van der Waals surface area contributed by atoms with E-state index >= 15 is 0 Å². The Labute approximate surface area is 181 Å². The first-order valence-electron chi connectivity index (χ1n) is 9.83. The van der Waals surface area contributed by atoms with Gasteiger partial charge < -0.3 is 20.1 Å². The highest BCUT2D eigenvalue weighted by Crippen LogP contribution is 2.33. The van der Waals surface area contributed by atoms with E-state index in [9.17, 15) is 9.59 Å². The van der Waals surface area contributed by atoms with E-state index in [4.69, 9.17) is 14.7 Å². The van der Waals surface area contributed by atoms with Crippen molar-refractivity contribution in [3.63, 3.8) is 0 Å². The van der Waals surface area contributed by atoms with Gasteiger partial charge in [0.25, 0.3) is 5.91 Å². The van der Waals surface area contributed by atoms with E-state index in [-0.39, 0.29) is 18.5 Å². The van der Waals surface area contributed by atoms with Gasteiger partial charge in [0.15, 0.2) is 6.61 Å². The average molecular weight is 420 g/mol. The van der Waals surface area contributed by atoms with Crippen molar-refractivity contribution in [2.75, 3.05) is 25.6 Å². The van der Waals surface area contributed by atoms with Crippen LogP contribution in [0.15, 0.2) is 59.8 Å². The molecule has 0 radical (unpaired) electrons. The topological polar surface area (TPSA) is 104 Å². The zero-order valence-corrected chi connectivity index (χ0v) is 17.6. The van der Waals surface area contributed by atoms with Crippen molar-refractivity contribution in [2.24, 2.45) is 0 Å². The van der Waals surface area contributed by atoms with Crippen molar-refractivity contribution in [3.05, 3.63) is 65.4 Å². The number of carbonyl (C=O) groups is 2. The highest BCUT2D eigenvalue weighted by Gasteiger charge is 2.35. The number of benzene rings is 2. The van der Waals surface area contributed by atoms with Gasteiger partial charge in [0, 0.05) is 12.2 Å². The minimum Gasteiger partial charge on any atom is -0.495 e. The highest BCUT2D eigenvalue weighted by molar-refractivity contribution is 6.07. The third-order valence-electron chi connectivity index (χ3n) is 5.03. The molecule has 0 bridgehead atoms. The number of ether oxygens (including phenoxy) is 2. The quantitative estimate of drug-likeness (QED) is 0.712. The Morgan fingerprint density at radius 2 is 1.94 bits per heavy atom. The molecule has 3 rings (SSSR count). The van der Waals surface area contributed by atoms with Crippen LogP contribution in [-0.4, -0.2) is 37.1 Å². The molecule has 0 unspecified atom stereocenters. The van der Waals surface area contributed by atoms with E-state index < -0.39 is 6.04 Å². The number of carbonyl (C=O) groups excluding carboxylic acids is 2. The molecule has 0 aromatic heterocycles. The standard InChI is InChI=1S/C23H24N4O4/c1-4-27-15(2)20(22(28)25-18-7-5-6-8-19(18)30-3)21(26-23(27)29)16-9-11-17(12-10-16)31-14-13-24/h5-12,21H,4,14H2,1-3H3,(H,25,28)(H,26,29)/t21-/m1/s1. The molecule has 0 spiro atoms. The zero-order valence-electron chi connectivity index (χ0n) is 17.6. The van der Waals surface area contributed by atoms with Gasteiger partial charge >= 0.3 is 6.03 Å². The molecule has 160 valence electrons. The molecular weight excluding hydrogens is 396 g/mol. The lowest BCUT2D eigenvalue weighted by atomic mass is 9.94. The van der Waals surface area contributed by atoms with Gasteiger partial charge in [-0.2, -0.15) is 5.26 Å². The maximum atomic E-state index is 13.3. The van der Waals surface area contributed by atoms with Crippen LogP contribution in [0.5, 0.6) is 11.5 Å². The van der Waals surface area contributed by atoms with E-state index in [1.54, 1.807) is 49.4 Å². The average Bonchev–Trinajstić information content (AvgIpc) is 2.78. The Morgan fingerprint density at radius 1 is 1.23 bits per heavy atom. The number of hydrogen-bond donors (Lipinski definition) is 2. The Kier molecular flexibility index (Phi) is 6.78. The molecule has 1 aliphatic heterocycles. The van der Waals surface area contributed by atoms with Crippen molar-refractivity contribution in [3.8, 4) is 17.6 Å². The van der Waals surface area contributed by atoms with Crippen molar-refractivity contribution < 1.29 is 19.1 Å². The first-order chi connectivity index (χ1) is 15.0. The van der Waals surface area contributed by atoms with Crippen molar-refractivity contribution >= 4 is 17.6 Å². The number of urea groups is 1. The van der Waals surface area contributed by atoms with Gasteiger partial charge in [-0.25, -0.2) is 4.79 Å². The monoisotopic (exact) mass is 420 g/mol. The summed E-state index contributed by atoms with van der Waals surface area (Å²) in [5.41, 5.74) is 2.26. The molecule has 0 aliphatic carbocycles. The molecular formula is C23H24N4O4. The largest absolute Gasteiger partial charge is 0.495 e. The summed E-state index contributed by atoms with van der Waals surface area (Å²) >= 11 is 0. The number of anilines is 1. The first-order valence-corrected chi connectivity index (χ1v) is 9.83. The Bertz CT molecular complexity index is 1040. The third kappa shape index (κ3) is 4.61. The predicted molar refractivity (Wildman–Crippen MR) is 116 cm³/mol. The Balaban J connectivity index is 1.97. The van der Waals surface area contributed by atoms with Crippen LogP contribution in [0.1, 0.15) is 25.5 Å². The van der Waals surface area contributed by atoms with Crippen LogP contribution >= 0.6 is 0 Å². The maximum absolute atomic E-state index is 13.3. The molecule has 1 aliphatic rings. The summed E-state index contributed by atoms with van der Waals surface area (Å²) in [5, 5.41) is 14.5. The lowest BCUT2D eigenvalue weighted by Crippen LogP contribution is -2.48. The molecule has 8 nitrogen and oxygen atoms in total. The van der Waals surface area contributed by atoms with Gasteiger partial charge in [-0.1, -0.05) is 24.3 Å². The van der Waals surface area contributed by atoms with E-state index in [1.807, 2.05) is 19.1 Å². The molecule has 0 fully saturated rings. The van der Waals surface area contributed by atoms with Gasteiger partial charge in [-0.05, 0) is 43.7 Å². The minimum absolute atomic E-state index is 0.0590. The fourth-order valence-electron chi connectivity index (χ4n) is 3.52. The van der Waals surface area contributed by atoms with Crippen LogP contribution in [0.4, 0.5) is 10.5 Å². The van der Waals surface area contributed by atoms with Crippen molar-refractivity contribution in [1.29, 1.82) is 5.26 Å². The van der Waals surface area contributed by atoms with Crippen LogP contribution in [-0.2, 0) is 4.79 Å². The molecule has 0 saturated carbocycles. The highest BCUT2D eigenvalue weighted by atomic mass is 16.5. The summed E-state index contributed by atoms with van der Waals surface area (Å²) in [7, 11) is 1.54. The second kappa shape index (κ2) is 9.67. The summed E-state index contributed by atoms with van der Waals surface area (Å²) in [6.45, 7) is 3.98. The number of allylic oxidation sites excluding steroid dienone is 1. The van der Waals surface area contributed by atoms with E-state index in [0.717, 1.165) is 5.56 Å². The summed E-state index contributed by atoms with van der Waals surface area (Å²) < 4.78 is 10.6. The number of nitrogens with zero attached hydrogens (tertiary/aromatic N) is 2. The Morgan fingerprint density at radius 3 is 2.58 bits per heavy atom. The maximum Gasteiger partial charge on any atom is 0.322 e. The first kappa shape index (κ1) is 21.7. The van der Waals surface area contributed by atoms with Crippen LogP contribution in [0.2, 0.25) is 0 Å². The second-order valence-corrected chi connectivity index (χ2v) is 6.80. The lowest BCUT2D eigenvalue weighted by Gasteiger charge is -2.35. The predicted octanol–water partition coefficient (Wildman–Crippen LogP) is 3.60. The molecule has 2 aromatic carbocycles. The zero-order chi connectivity index (χ0) is 22.4. The fourth-order valence-corrected chi connectivity index (χ4v) is 3.52. The summed E-state index contributed by atoms with van der Waals surface area (Å²) in [6, 6.07) is 15.1. The van der Waals surface area contributed by atoms with Gasteiger partial charge in [-0.15, -0.1) is 0 Å². The molecule has 2 aromatic rings. The van der Waals surface area contributed by atoms with Crippen molar-refractivity contribution in [2.45, 2.75) is 19.9 Å². The van der Waals surface area contributed by atoms with Gasteiger partial charge in [0.1, 0.15) is 17.6 Å². The summed E-state index contributed by atoms with van der Waals surface area (Å²) in [6.07, 6.45) is 0. The smallest absolute Gasteiger partial charge is 0.322 e. The number of amides is 3. The number of hydrogen-bond acceptors (Lipinski definition) is 5. The number of nitriles is 1. The molecule has 0 saturated heterocycles. The van der Waals surface area contributed by atoms with E-state index in [0.29, 0.717) is 35.0 Å². The van der Waals surface area contributed by atoms with Crippen LogP contribution in [0.3, 0.4) is 0 Å². The SMILES string of the molecule is CCN1C(=O)N[C@H](c2ccc(OCC#N)cc2)C(C(=O)Nc2ccccc2OC)=C1C. The van der Waals surface area contributed by atoms with Crippen LogP contribution < -0.4 is 20.1 Å². The molecule has 31 heavy (non-hydrogen) atoms. The number of rotatable bonds is 7. The molecule has 1 atom stereocenters. The van der Waals surface area contributed by atoms with E-state index in [2.05, 4.69) is 10.6 Å². The third-order valence-corrected chi connectivity index (χ3v) is 5.03. The van der Waals surface area contributed by atoms with Crippen LogP contribution in [0, 0.1) is 11.3 Å². The Hall–Kier alpha value is -3.99. The fraction of sp³-hybridized carbons (Fsp3) is 0.261. The van der Waals surface area contributed by atoms with E-state index in [1.165, 1.54) is 12.0 Å². The summed E-state index contributed by atoms with van der Waals surface area (Å²) in [4.78, 5) is 27.5.